The molecule has 0 radical (unpaired) electrons. The number of carbonyl (C=O) groups excluding carboxylic acids is 1. The molecule has 2 aromatic heterocycles. The van der Waals surface area contributed by atoms with Crippen molar-refractivity contribution >= 4 is 86.6 Å². The topological polar surface area (TPSA) is 63.6 Å². The van der Waals surface area contributed by atoms with E-state index < -0.39 is 5.97 Å². The molecule has 0 spiro atoms. The van der Waals surface area contributed by atoms with Gasteiger partial charge in [0.15, 0.2) is 0 Å². The molecular weight excluding hydrogens is 552 g/mol. The second-order valence-corrected chi connectivity index (χ2v) is 10.1. The zero-order valence-electron chi connectivity index (χ0n) is 16.4. The van der Waals surface area contributed by atoms with Gasteiger partial charge >= 0.3 is 11.9 Å². The molecular formula is C22H18Br2O4S2. The number of carboxylic acid groups (broad SMARTS) is 1. The summed E-state index contributed by atoms with van der Waals surface area (Å²) in [5.41, 5.74) is 1.85. The lowest BCUT2D eigenvalue weighted by Gasteiger charge is -1.99. The van der Waals surface area contributed by atoms with Crippen LogP contribution in [-0.2, 0) is 4.74 Å². The SMILES string of the molecule is CCOC(=O)c1sc2c(Br)cccc2c1C.Cc1c(C(=O)O)sc2c(Br)cccc12. The van der Waals surface area contributed by atoms with Crippen LogP contribution in [0.5, 0.6) is 0 Å². The van der Waals surface area contributed by atoms with Crippen LogP contribution in [0.15, 0.2) is 45.3 Å². The molecule has 30 heavy (non-hydrogen) atoms. The lowest BCUT2D eigenvalue weighted by atomic mass is 10.1. The van der Waals surface area contributed by atoms with Crippen molar-refractivity contribution in [3.8, 4) is 0 Å². The first-order valence-corrected chi connectivity index (χ1v) is 12.2. The van der Waals surface area contributed by atoms with Gasteiger partial charge in [0.1, 0.15) is 9.75 Å². The first-order chi connectivity index (χ1) is 14.3. The van der Waals surface area contributed by atoms with E-state index in [1.807, 2.05) is 57.2 Å². The van der Waals surface area contributed by atoms with Gasteiger partial charge in [-0.1, -0.05) is 24.3 Å². The highest BCUT2D eigenvalue weighted by atomic mass is 79.9. The molecule has 0 amide bonds. The maximum Gasteiger partial charge on any atom is 0.348 e. The molecule has 4 nitrogen and oxygen atoms in total. The molecule has 0 saturated heterocycles. The van der Waals surface area contributed by atoms with Crippen LogP contribution in [-0.4, -0.2) is 23.7 Å². The fourth-order valence-electron chi connectivity index (χ4n) is 3.01. The molecule has 0 aliphatic rings. The number of halogens is 2. The average molecular weight is 570 g/mol. The number of aromatic carboxylic acids is 1. The molecule has 0 aliphatic heterocycles. The Morgan fingerprint density at radius 1 is 0.900 bits per heavy atom. The molecule has 0 aliphatic carbocycles. The number of ether oxygens (including phenoxy) is 1. The lowest BCUT2D eigenvalue weighted by Crippen LogP contribution is -2.03. The van der Waals surface area contributed by atoms with Gasteiger partial charge in [-0.3, -0.25) is 0 Å². The Hall–Kier alpha value is -1.74. The number of hydrogen-bond donors (Lipinski definition) is 1. The van der Waals surface area contributed by atoms with Crippen LogP contribution in [0.25, 0.3) is 20.2 Å². The van der Waals surface area contributed by atoms with E-state index in [0.29, 0.717) is 16.4 Å². The summed E-state index contributed by atoms with van der Waals surface area (Å²) in [5, 5.41) is 11.1. The average Bonchev–Trinajstić information content (AvgIpc) is 3.23. The van der Waals surface area contributed by atoms with Crippen LogP contribution < -0.4 is 0 Å². The fraction of sp³-hybridized carbons (Fsp3) is 0.182. The minimum atomic E-state index is -0.851. The Morgan fingerprint density at radius 2 is 1.37 bits per heavy atom. The molecule has 0 unspecified atom stereocenters. The number of aryl methyl sites for hydroxylation is 2. The van der Waals surface area contributed by atoms with E-state index in [1.165, 1.54) is 22.7 Å². The summed E-state index contributed by atoms with van der Waals surface area (Å²) in [5.74, 6) is -1.08. The van der Waals surface area contributed by atoms with Gasteiger partial charge in [0, 0.05) is 18.3 Å². The second-order valence-electron chi connectivity index (χ2n) is 6.37. The van der Waals surface area contributed by atoms with Gasteiger partial charge in [0.05, 0.1) is 6.61 Å². The first-order valence-electron chi connectivity index (χ1n) is 9.01. The summed E-state index contributed by atoms with van der Waals surface area (Å²) in [4.78, 5) is 23.7. The summed E-state index contributed by atoms with van der Waals surface area (Å²) in [6, 6.07) is 11.8. The van der Waals surface area contributed by atoms with Gasteiger partial charge < -0.3 is 9.84 Å². The van der Waals surface area contributed by atoms with Gasteiger partial charge in [-0.15, -0.1) is 22.7 Å². The van der Waals surface area contributed by atoms with Crippen molar-refractivity contribution in [3.05, 3.63) is 66.2 Å². The Morgan fingerprint density at radius 3 is 1.80 bits per heavy atom. The smallest absolute Gasteiger partial charge is 0.348 e. The lowest BCUT2D eigenvalue weighted by molar-refractivity contribution is 0.0531. The summed E-state index contributed by atoms with van der Waals surface area (Å²) >= 11 is 9.69. The first kappa shape index (κ1) is 22.9. The maximum atomic E-state index is 11.7. The van der Waals surface area contributed by atoms with Crippen molar-refractivity contribution in [1.29, 1.82) is 0 Å². The van der Waals surface area contributed by atoms with Crippen LogP contribution in [0.3, 0.4) is 0 Å². The summed E-state index contributed by atoms with van der Waals surface area (Å²) in [7, 11) is 0. The highest BCUT2D eigenvalue weighted by molar-refractivity contribution is 9.11. The molecule has 0 atom stereocenters. The van der Waals surface area contributed by atoms with E-state index in [0.717, 1.165) is 40.2 Å². The predicted octanol–water partition coefficient (Wildman–Crippen LogP) is 7.82. The van der Waals surface area contributed by atoms with E-state index in [9.17, 15) is 9.59 Å². The van der Waals surface area contributed by atoms with Crippen molar-refractivity contribution < 1.29 is 19.4 Å². The normalized spacial score (nSPS) is 10.7. The predicted molar refractivity (Wildman–Crippen MR) is 131 cm³/mol. The van der Waals surface area contributed by atoms with Crippen LogP contribution >= 0.6 is 54.5 Å². The molecule has 156 valence electrons. The largest absolute Gasteiger partial charge is 0.477 e. The quantitative estimate of drug-likeness (QED) is 0.255. The van der Waals surface area contributed by atoms with Gasteiger partial charge in [-0.05, 0) is 86.7 Å². The van der Waals surface area contributed by atoms with Crippen molar-refractivity contribution in [2.24, 2.45) is 0 Å². The monoisotopic (exact) mass is 568 g/mol. The maximum absolute atomic E-state index is 11.7. The second kappa shape index (κ2) is 9.60. The third kappa shape index (κ3) is 4.46. The number of benzene rings is 2. The highest BCUT2D eigenvalue weighted by Crippen LogP contribution is 2.36. The fourth-order valence-corrected chi connectivity index (χ4v) is 6.39. The molecule has 0 fully saturated rings. The van der Waals surface area contributed by atoms with E-state index in [-0.39, 0.29) is 5.97 Å². The summed E-state index contributed by atoms with van der Waals surface area (Å²) < 4.78 is 9.11. The standard InChI is InChI=1S/C12H11BrO2S.C10H7BrO2S/c1-3-15-12(14)10-7(2)8-5-4-6-9(13)11(8)16-10;1-5-6-3-2-4-7(11)9(6)14-8(5)10(12)13/h4-6H,3H2,1-2H3;2-4H,1H3,(H,12,13). The molecule has 4 rings (SSSR count). The Bertz CT molecular complexity index is 1260. The van der Waals surface area contributed by atoms with E-state index in [4.69, 9.17) is 9.84 Å². The number of thiophene rings is 2. The number of esters is 1. The van der Waals surface area contributed by atoms with Gasteiger partial charge in [0.2, 0.25) is 0 Å². The number of rotatable bonds is 3. The zero-order chi connectivity index (χ0) is 22.0. The third-order valence-electron chi connectivity index (χ3n) is 4.49. The van der Waals surface area contributed by atoms with E-state index in [1.54, 1.807) is 0 Å². The minimum absolute atomic E-state index is 0.229. The highest BCUT2D eigenvalue weighted by Gasteiger charge is 2.17. The minimum Gasteiger partial charge on any atom is -0.477 e. The molecule has 2 aromatic carbocycles. The Balaban J connectivity index is 0.000000172. The van der Waals surface area contributed by atoms with Crippen molar-refractivity contribution in [3.63, 3.8) is 0 Å². The third-order valence-corrected chi connectivity index (χ3v) is 8.98. The van der Waals surface area contributed by atoms with Crippen LogP contribution in [0, 0.1) is 13.8 Å². The Labute approximate surface area is 198 Å². The van der Waals surface area contributed by atoms with Crippen molar-refractivity contribution in [2.45, 2.75) is 20.8 Å². The van der Waals surface area contributed by atoms with Gasteiger partial charge in [-0.25, -0.2) is 9.59 Å². The molecule has 4 aromatic rings. The van der Waals surface area contributed by atoms with Crippen molar-refractivity contribution in [1.82, 2.24) is 0 Å². The summed E-state index contributed by atoms with van der Waals surface area (Å²) in [6.07, 6.45) is 0. The van der Waals surface area contributed by atoms with Crippen LogP contribution in [0.2, 0.25) is 0 Å². The number of carboxylic acids is 1. The number of fused-ring (bicyclic) bond motifs is 2. The van der Waals surface area contributed by atoms with E-state index >= 15 is 0 Å². The molecule has 8 heteroatoms. The zero-order valence-corrected chi connectivity index (χ0v) is 21.2. The summed E-state index contributed by atoms with van der Waals surface area (Å²) in [6.45, 7) is 6.02. The van der Waals surface area contributed by atoms with Gasteiger partial charge in [0.25, 0.3) is 0 Å². The molecule has 0 saturated carbocycles. The Kier molecular flexibility index (Phi) is 7.34. The molecule has 1 N–H and O–H groups in total. The van der Waals surface area contributed by atoms with Crippen LogP contribution in [0.1, 0.15) is 37.4 Å². The van der Waals surface area contributed by atoms with E-state index in [2.05, 4.69) is 31.9 Å². The molecule has 2 heterocycles. The molecule has 0 bridgehead atoms. The van der Waals surface area contributed by atoms with Gasteiger partial charge in [-0.2, -0.15) is 0 Å². The number of carbonyl (C=O) groups is 2. The van der Waals surface area contributed by atoms with Crippen molar-refractivity contribution in [2.75, 3.05) is 6.61 Å². The van der Waals surface area contributed by atoms with Crippen LogP contribution in [0.4, 0.5) is 0 Å². The number of hydrogen-bond acceptors (Lipinski definition) is 5.